The summed E-state index contributed by atoms with van der Waals surface area (Å²) >= 11 is 0. The van der Waals surface area contributed by atoms with Crippen molar-refractivity contribution in [1.29, 1.82) is 0 Å². The largest absolute Gasteiger partial charge is 0.390 e. The molecule has 2 heterocycles. The third-order valence-corrected chi connectivity index (χ3v) is 10.1. The maximum Gasteiger partial charge on any atom is 0.270 e. The molecule has 2 aromatic rings. The second-order valence-corrected chi connectivity index (χ2v) is 13.8. The standard InChI is InChI=1S/C27H34FN5O4S/c1-16-15-32(20-3-4-23(21(28)11-20)38(2,36)37)7-8-33(16)26-29-6-5-22(30-26)25(34)31-24-18-9-17-10-19(24)14-27(35,12-17)13-18/h3-6,11,16-19,24,35H,7-10,12-15H2,1-2H3,(H,31,34)/t16-,17?,18?,19?,24-,27-/m1/s1. The van der Waals surface area contributed by atoms with E-state index in [1.165, 1.54) is 12.1 Å². The Hall–Kier alpha value is -2.79. The van der Waals surface area contributed by atoms with Crippen molar-refractivity contribution < 1.29 is 22.7 Å². The zero-order valence-corrected chi connectivity index (χ0v) is 22.5. The number of nitrogens with one attached hydrogen (secondary N) is 1. The first-order valence-corrected chi connectivity index (χ1v) is 15.3. The summed E-state index contributed by atoms with van der Waals surface area (Å²) in [5, 5.41) is 14.1. The van der Waals surface area contributed by atoms with E-state index in [4.69, 9.17) is 0 Å². The SMILES string of the molecule is C[C@@H]1CN(c2ccc(S(C)(=O)=O)c(F)c2)CCN1c1nccc(C(=O)N[C@H]2C3CC4CC2C[C@](O)(C4)C3)n1. The fourth-order valence-electron chi connectivity index (χ4n) is 7.53. The fourth-order valence-corrected chi connectivity index (χ4v) is 8.26. The van der Waals surface area contributed by atoms with Gasteiger partial charge in [-0.3, -0.25) is 4.79 Å². The molecule has 11 heteroatoms. The molecular formula is C27H34FN5O4S. The van der Waals surface area contributed by atoms with Crippen LogP contribution >= 0.6 is 0 Å². The zero-order valence-electron chi connectivity index (χ0n) is 21.7. The number of piperazine rings is 1. The lowest BCUT2D eigenvalue weighted by Gasteiger charge is -2.58. The highest BCUT2D eigenvalue weighted by Crippen LogP contribution is 2.55. The van der Waals surface area contributed by atoms with Gasteiger partial charge in [0.05, 0.1) is 5.60 Å². The van der Waals surface area contributed by atoms with Crippen LogP contribution in [0, 0.1) is 23.6 Å². The highest BCUT2D eigenvalue weighted by Gasteiger charge is 2.55. The molecule has 4 aliphatic carbocycles. The van der Waals surface area contributed by atoms with E-state index >= 15 is 0 Å². The minimum absolute atomic E-state index is 0.0233. The Bertz CT molecular complexity index is 1350. The van der Waals surface area contributed by atoms with Gasteiger partial charge in [-0.15, -0.1) is 0 Å². The lowest BCUT2D eigenvalue weighted by molar-refractivity contribution is -0.136. The molecule has 204 valence electrons. The number of sulfone groups is 1. The normalized spacial score (nSPS) is 32.5. The number of hydrogen-bond donors (Lipinski definition) is 2. The Kier molecular flexibility index (Phi) is 6.14. The van der Waals surface area contributed by atoms with Crippen LogP contribution in [0.3, 0.4) is 0 Å². The third kappa shape index (κ3) is 4.64. The number of amides is 1. The highest BCUT2D eigenvalue weighted by molar-refractivity contribution is 7.90. The van der Waals surface area contributed by atoms with E-state index in [-0.39, 0.29) is 22.9 Å². The second kappa shape index (κ2) is 9.15. The first-order valence-electron chi connectivity index (χ1n) is 13.4. The van der Waals surface area contributed by atoms with Gasteiger partial charge in [-0.25, -0.2) is 22.8 Å². The van der Waals surface area contributed by atoms with Crippen LogP contribution in [0.1, 0.15) is 49.5 Å². The maximum atomic E-state index is 14.5. The number of carbonyl (C=O) groups excluding carboxylic acids is 1. The van der Waals surface area contributed by atoms with Gasteiger partial charge in [0.2, 0.25) is 5.95 Å². The average Bonchev–Trinajstić information content (AvgIpc) is 2.84. The van der Waals surface area contributed by atoms with E-state index in [9.17, 15) is 22.7 Å². The van der Waals surface area contributed by atoms with Gasteiger partial charge in [0.25, 0.3) is 5.91 Å². The van der Waals surface area contributed by atoms with Crippen molar-refractivity contribution in [2.24, 2.45) is 17.8 Å². The van der Waals surface area contributed by atoms with Gasteiger partial charge < -0.3 is 20.2 Å². The van der Waals surface area contributed by atoms with Crippen LogP contribution in [0.5, 0.6) is 0 Å². The van der Waals surface area contributed by atoms with E-state index in [0.29, 0.717) is 54.7 Å². The summed E-state index contributed by atoms with van der Waals surface area (Å²) in [6, 6.07) is 5.90. The molecule has 1 aromatic carbocycles. The summed E-state index contributed by atoms with van der Waals surface area (Å²) in [4.78, 5) is 26.0. The van der Waals surface area contributed by atoms with Crippen LogP contribution in [-0.4, -0.2) is 73.0 Å². The number of halogens is 1. The van der Waals surface area contributed by atoms with Gasteiger partial charge in [-0.2, -0.15) is 0 Å². The molecule has 5 aliphatic rings. The Balaban J connectivity index is 1.12. The van der Waals surface area contributed by atoms with Gasteiger partial charge in [-0.1, -0.05) is 0 Å². The van der Waals surface area contributed by atoms with Crippen LogP contribution in [0.4, 0.5) is 16.0 Å². The van der Waals surface area contributed by atoms with E-state index in [1.807, 2.05) is 16.7 Å². The molecule has 38 heavy (non-hydrogen) atoms. The van der Waals surface area contributed by atoms with Crippen molar-refractivity contribution in [2.75, 3.05) is 35.7 Å². The quantitative estimate of drug-likeness (QED) is 0.591. The summed E-state index contributed by atoms with van der Waals surface area (Å²) in [7, 11) is -3.63. The lowest BCUT2D eigenvalue weighted by atomic mass is 9.52. The molecule has 4 saturated carbocycles. The number of hydrogen-bond acceptors (Lipinski definition) is 8. The monoisotopic (exact) mass is 543 g/mol. The lowest BCUT2D eigenvalue weighted by Crippen LogP contribution is -2.61. The average molecular weight is 544 g/mol. The van der Waals surface area contributed by atoms with Crippen molar-refractivity contribution in [2.45, 2.75) is 61.6 Å². The van der Waals surface area contributed by atoms with Crippen molar-refractivity contribution in [3.8, 4) is 0 Å². The summed E-state index contributed by atoms with van der Waals surface area (Å²) in [6.07, 6.45) is 7.18. The molecule has 7 rings (SSSR count). The first kappa shape index (κ1) is 25.5. The Morgan fingerprint density at radius 2 is 1.89 bits per heavy atom. The topological polar surface area (TPSA) is 116 Å². The number of aromatic nitrogens is 2. The number of rotatable bonds is 5. The van der Waals surface area contributed by atoms with Crippen LogP contribution in [0.25, 0.3) is 0 Å². The fraction of sp³-hybridized carbons (Fsp3) is 0.593. The molecule has 4 bridgehead atoms. The summed E-state index contributed by atoms with van der Waals surface area (Å²) in [5.74, 6) is 0.733. The number of anilines is 2. The highest BCUT2D eigenvalue weighted by atomic mass is 32.2. The summed E-state index contributed by atoms with van der Waals surface area (Å²) < 4.78 is 37.9. The van der Waals surface area contributed by atoms with E-state index < -0.39 is 21.3 Å². The van der Waals surface area contributed by atoms with Crippen LogP contribution in [-0.2, 0) is 9.84 Å². The molecule has 0 spiro atoms. The van der Waals surface area contributed by atoms with E-state index in [0.717, 1.165) is 38.4 Å². The van der Waals surface area contributed by atoms with Crippen LogP contribution in [0.15, 0.2) is 35.4 Å². The molecule has 1 amide bonds. The van der Waals surface area contributed by atoms with Gasteiger partial charge >= 0.3 is 0 Å². The van der Waals surface area contributed by atoms with E-state index in [2.05, 4.69) is 15.3 Å². The molecular weight excluding hydrogens is 509 g/mol. The van der Waals surface area contributed by atoms with Crippen molar-refractivity contribution >= 4 is 27.4 Å². The Labute approximate surface area is 222 Å². The molecule has 1 saturated heterocycles. The predicted octanol–water partition coefficient (Wildman–Crippen LogP) is 2.40. The number of nitrogens with zero attached hydrogens (tertiary/aromatic N) is 4. The van der Waals surface area contributed by atoms with Crippen LogP contribution in [0.2, 0.25) is 0 Å². The predicted molar refractivity (Wildman–Crippen MR) is 140 cm³/mol. The number of carbonyl (C=O) groups is 1. The first-order chi connectivity index (χ1) is 18.0. The Morgan fingerprint density at radius 1 is 1.16 bits per heavy atom. The number of aliphatic hydroxyl groups is 1. The summed E-state index contributed by atoms with van der Waals surface area (Å²) in [5.41, 5.74) is 0.408. The minimum Gasteiger partial charge on any atom is -0.390 e. The minimum atomic E-state index is -3.63. The maximum absolute atomic E-state index is 14.5. The van der Waals surface area contributed by atoms with Gasteiger partial charge in [0.15, 0.2) is 9.84 Å². The smallest absolute Gasteiger partial charge is 0.270 e. The van der Waals surface area contributed by atoms with Gasteiger partial charge in [0, 0.05) is 49.9 Å². The zero-order chi connectivity index (χ0) is 26.8. The van der Waals surface area contributed by atoms with Gasteiger partial charge in [0.1, 0.15) is 16.4 Å². The molecule has 5 fully saturated rings. The third-order valence-electron chi connectivity index (χ3n) is 8.98. The molecule has 3 atom stereocenters. The van der Waals surface area contributed by atoms with Crippen molar-refractivity contribution in [3.63, 3.8) is 0 Å². The van der Waals surface area contributed by atoms with Crippen LogP contribution < -0.4 is 15.1 Å². The molecule has 2 N–H and O–H groups in total. The molecule has 2 unspecified atom stereocenters. The number of benzene rings is 1. The van der Waals surface area contributed by atoms with Crippen molar-refractivity contribution in [3.05, 3.63) is 42.0 Å². The molecule has 1 aromatic heterocycles. The second-order valence-electron chi connectivity index (χ2n) is 11.8. The molecule has 9 nitrogen and oxygen atoms in total. The molecule has 0 radical (unpaired) electrons. The van der Waals surface area contributed by atoms with Gasteiger partial charge in [-0.05, 0) is 81.0 Å². The van der Waals surface area contributed by atoms with E-state index in [1.54, 1.807) is 18.3 Å². The summed E-state index contributed by atoms with van der Waals surface area (Å²) in [6.45, 7) is 3.71. The Morgan fingerprint density at radius 3 is 2.53 bits per heavy atom. The van der Waals surface area contributed by atoms with Crippen molar-refractivity contribution in [1.82, 2.24) is 15.3 Å². The molecule has 1 aliphatic heterocycles.